The van der Waals surface area contributed by atoms with Gasteiger partial charge in [0.1, 0.15) is 0 Å². The summed E-state index contributed by atoms with van der Waals surface area (Å²) < 4.78 is 38.6. The second-order valence-corrected chi connectivity index (χ2v) is 4.25. The number of aromatic carboxylic acids is 2. The molecule has 0 amide bonds. The van der Waals surface area contributed by atoms with Crippen molar-refractivity contribution in [2.75, 3.05) is 0 Å². The highest BCUT2D eigenvalue weighted by Crippen LogP contribution is 2.29. The fraction of sp³-hybridized carbons (Fsp3) is 0.167. The summed E-state index contributed by atoms with van der Waals surface area (Å²) >= 11 is 0. The molecule has 0 radical (unpaired) electrons. The zero-order valence-electron chi connectivity index (χ0n) is 10.7. The van der Waals surface area contributed by atoms with Gasteiger partial charge in [0, 0.05) is 0 Å². The summed E-state index contributed by atoms with van der Waals surface area (Å²) in [6.45, 7) is -0.355. The van der Waals surface area contributed by atoms with Crippen LogP contribution in [-0.4, -0.2) is 37.1 Å². The van der Waals surface area contributed by atoms with Gasteiger partial charge in [0.25, 0.3) is 0 Å². The predicted octanol–water partition coefficient (Wildman–Crippen LogP) is 1.74. The van der Waals surface area contributed by atoms with E-state index in [0.29, 0.717) is 0 Å². The van der Waals surface area contributed by atoms with Crippen LogP contribution in [0.5, 0.6) is 0 Å². The van der Waals surface area contributed by atoms with Crippen LogP contribution in [0.15, 0.2) is 24.3 Å². The molecule has 10 heteroatoms. The van der Waals surface area contributed by atoms with Crippen molar-refractivity contribution in [1.29, 1.82) is 0 Å². The first-order valence-corrected chi connectivity index (χ1v) is 5.76. The minimum Gasteiger partial charge on any atom is -0.476 e. The summed E-state index contributed by atoms with van der Waals surface area (Å²) in [4.78, 5) is 21.9. The minimum absolute atomic E-state index is 0.110. The van der Waals surface area contributed by atoms with Gasteiger partial charge >= 0.3 is 18.1 Å². The average Bonchev–Trinajstić information content (AvgIpc) is 2.82. The molecule has 0 aliphatic heterocycles. The molecule has 1 aromatic heterocycles. The van der Waals surface area contributed by atoms with Gasteiger partial charge in [0.05, 0.1) is 12.1 Å². The van der Waals surface area contributed by atoms with Gasteiger partial charge in [-0.05, 0) is 17.7 Å². The predicted molar refractivity (Wildman–Crippen MR) is 64.5 cm³/mol. The molecule has 1 aromatic carbocycles. The molecule has 2 aromatic rings. The highest BCUT2D eigenvalue weighted by molar-refractivity contribution is 5.98. The molecule has 0 unspecified atom stereocenters. The zero-order valence-corrected chi connectivity index (χ0v) is 10.7. The van der Waals surface area contributed by atoms with Crippen molar-refractivity contribution in [3.05, 3.63) is 46.8 Å². The van der Waals surface area contributed by atoms with Gasteiger partial charge in [-0.1, -0.05) is 17.3 Å². The number of benzene rings is 1. The lowest BCUT2D eigenvalue weighted by Crippen LogP contribution is -2.15. The first kappa shape index (κ1) is 15.5. The van der Waals surface area contributed by atoms with E-state index in [1.54, 1.807) is 0 Å². The summed E-state index contributed by atoms with van der Waals surface area (Å²) in [5.74, 6) is -3.18. The smallest absolute Gasteiger partial charge is 0.416 e. The highest BCUT2D eigenvalue weighted by Gasteiger charge is 2.30. The largest absolute Gasteiger partial charge is 0.476 e. The SMILES string of the molecule is O=C(O)c1nnn(Cc2cccc(C(F)(F)F)c2)c1C(=O)O. The first-order chi connectivity index (χ1) is 10.2. The zero-order chi connectivity index (χ0) is 16.5. The van der Waals surface area contributed by atoms with Crippen LogP contribution in [0.2, 0.25) is 0 Å². The van der Waals surface area contributed by atoms with Crippen molar-refractivity contribution < 1.29 is 33.0 Å². The van der Waals surface area contributed by atoms with Gasteiger partial charge in [-0.15, -0.1) is 5.10 Å². The Bertz CT molecular complexity index is 739. The maximum absolute atomic E-state index is 12.6. The molecule has 0 aliphatic carbocycles. The van der Waals surface area contributed by atoms with Gasteiger partial charge in [-0.25, -0.2) is 14.3 Å². The van der Waals surface area contributed by atoms with Crippen molar-refractivity contribution in [2.45, 2.75) is 12.7 Å². The van der Waals surface area contributed by atoms with Crippen LogP contribution in [0.1, 0.15) is 32.1 Å². The molecule has 2 rings (SSSR count). The number of carboxylic acid groups (broad SMARTS) is 2. The quantitative estimate of drug-likeness (QED) is 0.890. The van der Waals surface area contributed by atoms with E-state index in [0.717, 1.165) is 22.9 Å². The Kier molecular flexibility index (Phi) is 3.85. The van der Waals surface area contributed by atoms with Crippen molar-refractivity contribution in [3.63, 3.8) is 0 Å². The molecule has 0 aliphatic rings. The van der Waals surface area contributed by atoms with Gasteiger partial charge in [0.2, 0.25) is 5.69 Å². The summed E-state index contributed by atoms with van der Waals surface area (Å²) in [5, 5.41) is 24.4. The molecule has 22 heavy (non-hydrogen) atoms. The topological polar surface area (TPSA) is 105 Å². The Hall–Kier alpha value is -2.91. The van der Waals surface area contributed by atoms with Crippen LogP contribution in [0.25, 0.3) is 0 Å². The van der Waals surface area contributed by atoms with Crippen LogP contribution in [0.4, 0.5) is 13.2 Å². The monoisotopic (exact) mass is 315 g/mol. The second kappa shape index (κ2) is 5.47. The van der Waals surface area contributed by atoms with Crippen LogP contribution in [0.3, 0.4) is 0 Å². The van der Waals surface area contributed by atoms with E-state index in [4.69, 9.17) is 10.2 Å². The number of nitrogens with zero attached hydrogens (tertiary/aromatic N) is 3. The molecule has 0 atom stereocenters. The maximum atomic E-state index is 12.6. The Morgan fingerprint density at radius 2 is 1.86 bits per heavy atom. The molecule has 0 spiro atoms. The third kappa shape index (κ3) is 3.05. The van der Waals surface area contributed by atoms with E-state index < -0.39 is 35.1 Å². The van der Waals surface area contributed by atoms with E-state index in [1.807, 2.05) is 0 Å². The van der Waals surface area contributed by atoms with Crippen molar-refractivity contribution in [3.8, 4) is 0 Å². The number of hydrogen-bond acceptors (Lipinski definition) is 4. The summed E-state index contributed by atoms with van der Waals surface area (Å²) in [7, 11) is 0. The molecule has 0 saturated carbocycles. The number of alkyl halides is 3. The lowest BCUT2D eigenvalue weighted by atomic mass is 10.1. The molecule has 7 nitrogen and oxygen atoms in total. The normalized spacial score (nSPS) is 11.4. The number of rotatable bonds is 4. The second-order valence-electron chi connectivity index (χ2n) is 4.25. The minimum atomic E-state index is -4.54. The Labute approximate surface area is 120 Å². The van der Waals surface area contributed by atoms with E-state index in [2.05, 4.69) is 10.3 Å². The number of aromatic nitrogens is 3. The summed E-state index contributed by atoms with van der Waals surface area (Å²) in [6, 6.07) is 4.19. The fourth-order valence-electron chi connectivity index (χ4n) is 1.80. The third-order valence-corrected chi connectivity index (χ3v) is 2.73. The Balaban J connectivity index is 2.40. The summed E-state index contributed by atoms with van der Waals surface area (Å²) in [5.41, 5.74) is -2.27. The molecule has 1 heterocycles. The summed E-state index contributed by atoms with van der Waals surface area (Å²) in [6.07, 6.45) is -4.54. The standard InChI is InChI=1S/C12H8F3N3O4/c13-12(14,15)7-3-1-2-6(4-7)5-18-9(11(21)22)8(10(19)20)16-17-18/h1-4H,5H2,(H,19,20)(H,21,22). The third-order valence-electron chi connectivity index (χ3n) is 2.73. The number of carbonyl (C=O) groups is 2. The van der Waals surface area contributed by atoms with Crippen molar-refractivity contribution in [2.24, 2.45) is 0 Å². The van der Waals surface area contributed by atoms with Gasteiger partial charge in [-0.2, -0.15) is 13.2 Å². The molecule has 2 N–H and O–H groups in total. The lowest BCUT2D eigenvalue weighted by Gasteiger charge is -2.09. The number of hydrogen-bond donors (Lipinski definition) is 2. The van der Waals surface area contributed by atoms with Crippen LogP contribution >= 0.6 is 0 Å². The van der Waals surface area contributed by atoms with E-state index in [9.17, 15) is 22.8 Å². The van der Waals surface area contributed by atoms with E-state index in [-0.39, 0.29) is 12.1 Å². The molecule has 116 valence electrons. The lowest BCUT2D eigenvalue weighted by molar-refractivity contribution is -0.137. The van der Waals surface area contributed by atoms with Crippen molar-refractivity contribution >= 4 is 11.9 Å². The van der Waals surface area contributed by atoms with Gasteiger partial charge < -0.3 is 10.2 Å². The molecular formula is C12H8F3N3O4. The average molecular weight is 315 g/mol. The molecule has 0 fully saturated rings. The van der Waals surface area contributed by atoms with Gasteiger partial charge in [-0.3, -0.25) is 0 Å². The fourth-order valence-corrected chi connectivity index (χ4v) is 1.80. The van der Waals surface area contributed by atoms with Gasteiger partial charge in [0.15, 0.2) is 5.69 Å². The van der Waals surface area contributed by atoms with Crippen LogP contribution in [-0.2, 0) is 12.7 Å². The molecule has 0 saturated heterocycles. The maximum Gasteiger partial charge on any atom is 0.416 e. The molecule has 0 bridgehead atoms. The molecular weight excluding hydrogens is 307 g/mol. The number of carboxylic acids is 2. The van der Waals surface area contributed by atoms with Crippen LogP contribution < -0.4 is 0 Å². The first-order valence-electron chi connectivity index (χ1n) is 5.76. The highest BCUT2D eigenvalue weighted by atomic mass is 19.4. The van der Waals surface area contributed by atoms with E-state index >= 15 is 0 Å². The Morgan fingerprint density at radius 1 is 1.18 bits per heavy atom. The van der Waals surface area contributed by atoms with Crippen LogP contribution in [0, 0.1) is 0 Å². The van der Waals surface area contributed by atoms with E-state index in [1.165, 1.54) is 6.07 Å². The number of halogens is 3. The van der Waals surface area contributed by atoms with Crippen molar-refractivity contribution in [1.82, 2.24) is 15.0 Å². The Morgan fingerprint density at radius 3 is 2.41 bits per heavy atom.